The van der Waals surface area contributed by atoms with Crippen LogP contribution in [0, 0.1) is 0 Å². The van der Waals surface area contributed by atoms with Gasteiger partial charge in [-0.05, 0) is 19.9 Å². The molecule has 0 bridgehead atoms. The lowest BCUT2D eigenvalue weighted by Crippen LogP contribution is -2.17. The molecular weight excluding hydrogens is 246 g/mol. The SMILES string of the molecule is COc1cc2nc(NC(C)C)[nH]c(=O)c2cc1OC. The fourth-order valence-electron chi connectivity index (χ4n) is 1.81. The number of H-pyrrole nitrogens is 1. The van der Waals surface area contributed by atoms with Crippen molar-refractivity contribution in [2.75, 3.05) is 19.5 Å². The van der Waals surface area contributed by atoms with E-state index in [1.54, 1.807) is 19.2 Å². The number of nitrogens with zero attached hydrogens (tertiary/aromatic N) is 1. The molecule has 0 fully saturated rings. The van der Waals surface area contributed by atoms with Gasteiger partial charge in [-0.2, -0.15) is 0 Å². The summed E-state index contributed by atoms with van der Waals surface area (Å²) in [6, 6.07) is 3.49. The molecule has 1 aromatic heterocycles. The molecule has 6 heteroatoms. The lowest BCUT2D eigenvalue weighted by molar-refractivity contribution is 0.355. The molecule has 2 N–H and O–H groups in total. The van der Waals surface area contributed by atoms with Crippen LogP contribution in [0.4, 0.5) is 5.95 Å². The maximum Gasteiger partial charge on any atom is 0.260 e. The Morgan fingerprint density at radius 1 is 1.21 bits per heavy atom. The molecule has 2 aromatic rings. The first-order valence-electron chi connectivity index (χ1n) is 5.97. The van der Waals surface area contributed by atoms with Crippen LogP contribution in [0.2, 0.25) is 0 Å². The molecule has 0 aliphatic rings. The second kappa shape index (κ2) is 5.17. The lowest BCUT2D eigenvalue weighted by Gasteiger charge is -2.11. The van der Waals surface area contributed by atoms with E-state index in [1.807, 2.05) is 13.8 Å². The predicted molar refractivity (Wildman–Crippen MR) is 74.2 cm³/mol. The van der Waals surface area contributed by atoms with Crippen LogP contribution >= 0.6 is 0 Å². The highest BCUT2D eigenvalue weighted by Gasteiger charge is 2.11. The average Bonchev–Trinajstić information content (AvgIpc) is 2.36. The lowest BCUT2D eigenvalue weighted by atomic mass is 10.2. The third-order valence-corrected chi connectivity index (χ3v) is 2.64. The van der Waals surface area contributed by atoms with Gasteiger partial charge in [0.1, 0.15) is 0 Å². The number of aromatic amines is 1. The number of rotatable bonds is 4. The van der Waals surface area contributed by atoms with E-state index < -0.39 is 0 Å². The normalized spacial score (nSPS) is 10.8. The summed E-state index contributed by atoms with van der Waals surface area (Å²) >= 11 is 0. The van der Waals surface area contributed by atoms with Crippen molar-refractivity contribution in [1.82, 2.24) is 9.97 Å². The quantitative estimate of drug-likeness (QED) is 0.879. The molecular formula is C13H17N3O3. The van der Waals surface area contributed by atoms with Crippen molar-refractivity contribution in [2.45, 2.75) is 19.9 Å². The van der Waals surface area contributed by atoms with Crippen molar-refractivity contribution in [2.24, 2.45) is 0 Å². The molecule has 19 heavy (non-hydrogen) atoms. The molecule has 1 heterocycles. The topological polar surface area (TPSA) is 76.2 Å². The number of anilines is 1. The van der Waals surface area contributed by atoms with Crippen LogP contribution in [0.15, 0.2) is 16.9 Å². The Morgan fingerprint density at radius 2 is 1.84 bits per heavy atom. The highest BCUT2D eigenvalue weighted by atomic mass is 16.5. The number of nitrogens with one attached hydrogen (secondary N) is 2. The van der Waals surface area contributed by atoms with Crippen LogP contribution in [-0.2, 0) is 0 Å². The molecule has 0 radical (unpaired) electrons. The van der Waals surface area contributed by atoms with E-state index in [0.29, 0.717) is 28.4 Å². The Balaban J connectivity index is 2.63. The van der Waals surface area contributed by atoms with Gasteiger partial charge in [0.05, 0.1) is 25.1 Å². The van der Waals surface area contributed by atoms with E-state index in [9.17, 15) is 4.79 Å². The number of hydrogen-bond donors (Lipinski definition) is 2. The van der Waals surface area contributed by atoms with Crippen molar-refractivity contribution < 1.29 is 9.47 Å². The summed E-state index contributed by atoms with van der Waals surface area (Å²) < 4.78 is 10.4. The van der Waals surface area contributed by atoms with Gasteiger partial charge in [-0.1, -0.05) is 0 Å². The number of benzene rings is 1. The maximum absolute atomic E-state index is 12.0. The third-order valence-electron chi connectivity index (χ3n) is 2.64. The molecule has 0 spiro atoms. The molecule has 1 aromatic carbocycles. The van der Waals surface area contributed by atoms with Gasteiger partial charge >= 0.3 is 0 Å². The van der Waals surface area contributed by atoms with Gasteiger partial charge in [0.25, 0.3) is 5.56 Å². The number of fused-ring (bicyclic) bond motifs is 1. The fourth-order valence-corrected chi connectivity index (χ4v) is 1.81. The molecule has 102 valence electrons. The number of ether oxygens (including phenoxy) is 2. The van der Waals surface area contributed by atoms with Gasteiger partial charge in [-0.3, -0.25) is 9.78 Å². The fraction of sp³-hybridized carbons (Fsp3) is 0.385. The minimum atomic E-state index is -0.214. The van der Waals surface area contributed by atoms with Crippen molar-refractivity contribution in [3.05, 3.63) is 22.5 Å². The average molecular weight is 263 g/mol. The molecule has 0 unspecified atom stereocenters. The minimum Gasteiger partial charge on any atom is -0.493 e. The second-order valence-electron chi connectivity index (χ2n) is 4.44. The molecule has 0 saturated carbocycles. The first kappa shape index (κ1) is 13.2. The van der Waals surface area contributed by atoms with Gasteiger partial charge in [-0.15, -0.1) is 0 Å². The van der Waals surface area contributed by atoms with Crippen molar-refractivity contribution in [1.29, 1.82) is 0 Å². The van der Waals surface area contributed by atoms with Gasteiger partial charge in [0, 0.05) is 12.1 Å². The summed E-state index contributed by atoms with van der Waals surface area (Å²) in [7, 11) is 3.07. The van der Waals surface area contributed by atoms with E-state index in [4.69, 9.17) is 9.47 Å². The number of hydrogen-bond acceptors (Lipinski definition) is 5. The van der Waals surface area contributed by atoms with E-state index >= 15 is 0 Å². The van der Waals surface area contributed by atoms with Crippen LogP contribution in [0.3, 0.4) is 0 Å². The summed E-state index contributed by atoms with van der Waals surface area (Å²) in [5, 5.41) is 3.53. The summed E-state index contributed by atoms with van der Waals surface area (Å²) in [6.07, 6.45) is 0. The number of aromatic nitrogens is 2. The standard InChI is InChI=1S/C13H17N3O3/c1-7(2)14-13-15-9-6-11(19-4)10(18-3)5-8(9)12(17)16-13/h5-7H,1-4H3,(H2,14,15,16,17). The molecule has 0 amide bonds. The van der Waals surface area contributed by atoms with Crippen molar-refractivity contribution in [3.8, 4) is 11.5 Å². The zero-order chi connectivity index (χ0) is 14.0. The Labute approximate surface area is 110 Å². The summed E-state index contributed by atoms with van der Waals surface area (Å²) in [6.45, 7) is 3.94. The molecule has 6 nitrogen and oxygen atoms in total. The molecule has 0 aliphatic heterocycles. The third kappa shape index (κ3) is 2.62. The minimum absolute atomic E-state index is 0.181. The van der Waals surface area contributed by atoms with Crippen LogP contribution < -0.4 is 20.3 Å². The van der Waals surface area contributed by atoms with Gasteiger partial charge in [0.2, 0.25) is 5.95 Å². The van der Waals surface area contributed by atoms with E-state index in [1.165, 1.54) is 7.11 Å². The highest BCUT2D eigenvalue weighted by Crippen LogP contribution is 2.30. The first-order valence-corrected chi connectivity index (χ1v) is 5.97. The second-order valence-corrected chi connectivity index (χ2v) is 4.44. The van der Waals surface area contributed by atoms with Gasteiger partial charge < -0.3 is 14.8 Å². The summed E-state index contributed by atoms with van der Waals surface area (Å²) in [5.41, 5.74) is 0.346. The van der Waals surface area contributed by atoms with E-state index in [-0.39, 0.29) is 11.6 Å². The Morgan fingerprint density at radius 3 is 2.42 bits per heavy atom. The zero-order valence-electron chi connectivity index (χ0n) is 11.4. The monoisotopic (exact) mass is 263 g/mol. The highest BCUT2D eigenvalue weighted by molar-refractivity contribution is 5.82. The van der Waals surface area contributed by atoms with Crippen LogP contribution in [0.5, 0.6) is 11.5 Å². The predicted octanol–water partition coefficient (Wildman–Crippen LogP) is 1.76. The molecule has 0 atom stereocenters. The molecule has 0 saturated heterocycles. The van der Waals surface area contributed by atoms with Crippen LogP contribution in [-0.4, -0.2) is 30.2 Å². The van der Waals surface area contributed by atoms with E-state index in [0.717, 1.165) is 0 Å². The molecule has 0 aliphatic carbocycles. The largest absolute Gasteiger partial charge is 0.493 e. The van der Waals surface area contributed by atoms with Crippen LogP contribution in [0.25, 0.3) is 10.9 Å². The smallest absolute Gasteiger partial charge is 0.260 e. The summed E-state index contributed by atoms with van der Waals surface area (Å²) in [5.74, 6) is 1.50. The maximum atomic E-state index is 12.0. The van der Waals surface area contributed by atoms with Crippen LogP contribution in [0.1, 0.15) is 13.8 Å². The first-order chi connectivity index (χ1) is 9.05. The Bertz CT molecular complexity index is 649. The van der Waals surface area contributed by atoms with Crippen molar-refractivity contribution in [3.63, 3.8) is 0 Å². The Hall–Kier alpha value is -2.24. The van der Waals surface area contributed by atoms with E-state index in [2.05, 4.69) is 15.3 Å². The summed E-state index contributed by atoms with van der Waals surface area (Å²) in [4.78, 5) is 19.1. The van der Waals surface area contributed by atoms with Gasteiger partial charge in [-0.25, -0.2) is 4.98 Å². The number of methoxy groups -OCH3 is 2. The molecule has 2 rings (SSSR count). The Kier molecular flexibility index (Phi) is 3.59. The van der Waals surface area contributed by atoms with Crippen molar-refractivity contribution >= 4 is 16.9 Å². The zero-order valence-corrected chi connectivity index (χ0v) is 11.4. The van der Waals surface area contributed by atoms with Gasteiger partial charge in [0.15, 0.2) is 11.5 Å².